The summed E-state index contributed by atoms with van der Waals surface area (Å²) in [5.41, 5.74) is -0.0319. The van der Waals surface area contributed by atoms with E-state index in [9.17, 15) is 4.79 Å². The number of nitrogens with zero attached hydrogens (tertiary/aromatic N) is 2. The highest BCUT2D eigenvalue weighted by molar-refractivity contribution is 5.85. The molecular weight excluding hydrogens is 208 g/mol. The quantitative estimate of drug-likeness (QED) is 0.801. The first-order valence-electron chi connectivity index (χ1n) is 5.44. The molecule has 0 aliphatic carbocycles. The minimum Gasteiger partial charge on any atom is -0.476 e. The van der Waals surface area contributed by atoms with Crippen molar-refractivity contribution in [1.82, 2.24) is 10.1 Å². The van der Waals surface area contributed by atoms with Crippen molar-refractivity contribution in [3.8, 4) is 0 Å². The van der Waals surface area contributed by atoms with E-state index in [0.717, 1.165) is 13.1 Å². The van der Waals surface area contributed by atoms with Crippen LogP contribution in [0.25, 0.3) is 0 Å². The molecule has 5 nitrogen and oxygen atoms in total. The molecular formula is C11H18N2O3. The summed E-state index contributed by atoms with van der Waals surface area (Å²) in [6.45, 7) is 8.82. The maximum atomic E-state index is 10.6. The predicted octanol–water partition coefficient (Wildman–Crippen LogP) is 1.85. The topological polar surface area (TPSA) is 66.6 Å². The van der Waals surface area contributed by atoms with Crippen molar-refractivity contribution in [2.45, 2.75) is 27.3 Å². The van der Waals surface area contributed by atoms with Gasteiger partial charge in [-0.3, -0.25) is 4.90 Å². The number of carboxylic acids is 1. The van der Waals surface area contributed by atoms with Crippen LogP contribution in [0.2, 0.25) is 0 Å². The Kier molecular flexibility index (Phi) is 4.49. The van der Waals surface area contributed by atoms with Gasteiger partial charge in [0.25, 0.3) is 0 Å². The number of rotatable bonds is 6. The molecule has 0 bridgehead atoms. The van der Waals surface area contributed by atoms with Crippen LogP contribution in [0.5, 0.6) is 0 Å². The molecule has 0 spiro atoms. The molecule has 0 aromatic carbocycles. The Morgan fingerprint density at radius 2 is 2.31 bits per heavy atom. The average molecular weight is 226 g/mol. The third-order valence-electron chi connectivity index (χ3n) is 2.23. The fourth-order valence-corrected chi connectivity index (χ4v) is 1.53. The number of aromatic nitrogens is 1. The van der Waals surface area contributed by atoms with Crippen molar-refractivity contribution in [2.24, 2.45) is 5.92 Å². The van der Waals surface area contributed by atoms with Gasteiger partial charge >= 0.3 is 5.97 Å². The Morgan fingerprint density at radius 3 is 2.75 bits per heavy atom. The van der Waals surface area contributed by atoms with Gasteiger partial charge < -0.3 is 9.63 Å². The molecule has 16 heavy (non-hydrogen) atoms. The molecule has 0 unspecified atom stereocenters. The maximum absolute atomic E-state index is 10.6. The average Bonchev–Trinajstić information content (AvgIpc) is 2.64. The summed E-state index contributed by atoms with van der Waals surface area (Å²) < 4.78 is 4.97. The highest BCUT2D eigenvalue weighted by Crippen LogP contribution is 2.09. The van der Waals surface area contributed by atoms with E-state index in [4.69, 9.17) is 9.63 Å². The Morgan fingerprint density at radius 1 is 1.62 bits per heavy atom. The summed E-state index contributed by atoms with van der Waals surface area (Å²) in [7, 11) is 0. The van der Waals surface area contributed by atoms with Crippen LogP contribution in [0.1, 0.15) is 37.0 Å². The summed E-state index contributed by atoms with van der Waals surface area (Å²) in [6, 6.07) is 1.48. The number of hydrogen-bond donors (Lipinski definition) is 1. The SMILES string of the molecule is CCN(Cc1cc(C(=O)O)no1)CC(C)C. The van der Waals surface area contributed by atoms with Gasteiger partial charge in [0.15, 0.2) is 11.5 Å². The second-order valence-corrected chi connectivity index (χ2v) is 4.21. The van der Waals surface area contributed by atoms with Crippen LogP contribution in [0.15, 0.2) is 10.6 Å². The lowest BCUT2D eigenvalue weighted by Gasteiger charge is -2.20. The first-order chi connectivity index (χ1) is 7.52. The molecule has 0 saturated heterocycles. The standard InChI is InChI=1S/C11H18N2O3/c1-4-13(6-8(2)3)7-9-5-10(11(14)15)12-16-9/h5,8H,4,6-7H2,1-3H3,(H,14,15). The second kappa shape index (κ2) is 5.65. The number of carboxylic acid groups (broad SMARTS) is 1. The molecule has 1 heterocycles. The largest absolute Gasteiger partial charge is 0.476 e. The number of hydrogen-bond acceptors (Lipinski definition) is 4. The van der Waals surface area contributed by atoms with Crippen LogP contribution in [0.4, 0.5) is 0 Å². The molecule has 1 N–H and O–H groups in total. The molecule has 0 saturated carbocycles. The van der Waals surface area contributed by atoms with Crippen molar-refractivity contribution in [2.75, 3.05) is 13.1 Å². The second-order valence-electron chi connectivity index (χ2n) is 4.21. The van der Waals surface area contributed by atoms with Gasteiger partial charge in [-0.2, -0.15) is 0 Å². The van der Waals surface area contributed by atoms with E-state index >= 15 is 0 Å². The Hall–Kier alpha value is -1.36. The lowest BCUT2D eigenvalue weighted by molar-refractivity contribution is 0.0685. The zero-order chi connectivity index (χ0) is 12.1. The van der Waals surface area contributed by atoms with E-state index in [1.54, 1.807) is 0 Å². The highest BCUT2D eigenvalue weighted by atomic mass is 16.5. The Bertz CT molecular complexity index is 347. The first-order valence-corrected chi connectivity index (χ1v) is 5.44. The van der Waals surface area contributed by atoms with E-state index in [1.165, 1.54) is 6.07 Å². The van der Waals surface area contributed by atoms with E-state index in [-0.39, 0.29) is 5.69 Å². The predicted molar refractivity (Wildman–Crippen MR) is 59.3 cm³/mol. The zero-order valence-corrected chi connectivity index (χ0v) is 9.93. The number of carbonyl (C=O) groups is 1. The lowest BCUT2D eigenvalue weighted by Crippen LogP contribution is -2.26. The third-order valence-corrected chi connectivity index (χ3v) is 2.23. The lowest BCUT2D eigenvalue weighted by atomic mass is 10.2. The zero-order valence-electron chi connectivity index (χ0n) is 9.93. The first kappa shape index (κ1) is 12.7. The van der Waals surface area contributed by atoms with Gasteiger partial charge in [0, 0.05) is 12.6 Å². The van der Waals surface area contributed by atoms with E-state index < -0.39 is 5.97 Å². The molecule has 0 amide bonds. The molecule has 1 rings (SSSR count). The molecule has 0 atom stereocenters. The molecule has 0 aliphatic heterocycles. The molecule has 0 radical (unpaired) electrons. The monoisotopic (exact) mass is 226 g/mol. The summed E-state index contributed by atoms with van der Waals surface area (Å²) in [5.74, 6) is 0.114. The van der Waals surface area contributed by atoms with Gasteiger partial charge in [-0.15, -0.1) is 0 Å². The van der Waals surface area contributed by atoms with Crippen LogP contribution >= 0.6 is 0 Å². The summed E-state index contributed by atoms with van der Waals surface area (Å²) in [4.78, 5) is 12.8. The van der Waals surface area contributed by atoms with Gasteiger partial charge in [-0.05, 0) is 12.5 Å². The van der Waals surface area contributed by atoms with Gasteiger partial charge in [-0.25, -0.2) is 4.79 Å². The fraction of sp³-hybridized carbons (Fsp3) is 0.636. The minimum atomic E-state index is -1.05. The molecule has 1 aromatic heterocycles. The van der Waals surface area contributed by atoms with Crippen LogP contribution < -0.4 is 0 Å². The van der Waals surface area contributed by atoms with Gasteiger partial charge in [0.05, 0.1) is 6.54 Å². The van der Waals surface area contributed by atoms with Gasteiger partial charge in [0.1, 0.15) is 0 Å². The third kappa shape index (κ3) is 3.66. The van der Waals surface area contributed by atoms with E-state index in [1.807, 2.05) is 0 Å². The molecule has 90 valence electrons. The van der Waals surface area contributed by atoms with Crippen molar-refractivity contribution >= 4 is 5.97 Å². The fourth-order valence-electron chi connectivity index (χ4n) is 1.53. The van der Waals surface area contributed by atoms with Gasteiger partial charge in [-0.1, -0.05) is 25.9 Å². The van der Waals surface area contributed by atoms with E-state index in [2.05, 4.69) is 30.8 Å². The Labute approximate surface area is 95.0 Å². The van der Waals surface area contributed by atoms with Crippen LogP contribution in [0, 0.1) is 5.92 Å². The smallest absolute Gasteiger partial charge is 0.358 e. The van der Waals surface area contributed by atoms with Crippen molar-refractivity contribution in [3.63, 3.8) is 0 Å². The highest BCUT2D eigenvalue weighted by Gasteiger charge is 2.13. The summed E-state index contributed by atoms with van der Waals surface area (Å²) in [5, 5.41) is 12.2. The number of aromatic carboxylic acids is 1. The van der Waals surface area contributed by atoms with Crippen molar-refractivity contribution in [3.05, 3.63) is 17.5 Å². The molecule has 0 fully saturated rings. The van der Waals surface area contributed by atoms with Gasteiger partial charge in [0.2, 0.25) is 0 Å². The normalized spacial score (nSPS) is 11.3. The summed E-state index contributed by atoms with van der Waals surface area (Å²) >= 11 is 0. The molecule has 0 aliphatic rings. The van der Waals surface area contributed by atoms with Crippen molar-refractivity contribution in [1.29, 1.82) is 0 Å². The van der Waals surface area contributed by atoms with Crippen molar-refractivity contribution < 1.29 is 14.4 Å². The minimum absolute atomic E-state index is 0.0319. The molecule has 5 heteroatoms. The Balaban J connectivity index is 2.59. The molecule has 1 aromatic rings. The summed E-state index contributed by atoms with van der Waals surface area (Å²) in [6.07, 6.45) is 0. The van der Waals surface area contributed by atoms with Crippen LogP contribution in [-0.4, -0.2) is 34.2 Å². The van der Waals surface area contributed by atoms with Crippen LogP contribution in [-0.2, 0) is 6.54 Å². The maximum Gasteiger partial charge on any atom is 0.358 e. The van der Waals surface area contributed by atoms with E-state index in [0.29, 0.717) is 18.2 Å². The van der Waals surface area contributed by atoms with Crippen LogP contribution in [0.3, 0.4) is 0 Å².